The number of rotatable bonds is 5. The molecule has 0 aromatic heterocycles. The quantitative estimate of drug-likeness (QED) is 0.577. The molecule has 0 spiro atoms. The van der Waals surface area contributed by atoms with Crippen molar-refractivity contribution < 1.29 is 14.6 Å². The van der Waals surface area contributed by atoms with Gasteiger partial charge in [0.1, 0.15) is 0 Å². The highest BCUT2D eigenvalue weighted by Gasteiger charge is 1.95. The number of aliphatic hydroxyl groups is 1. The molecule has 0 heterocycles. The number of ether oxygens (including phenoxy) is 1. The first kappa shape index (κ1) is 10.2. The number of alkyl carbamates (subject to hydrolysis) is 1. The summed E-state index contributed by atoms with van der Waals surface area (Å²) in [5, 5.41) is 11.0. The SMILES string of the molecule is COC(=O)NCCCCCO. The van der Waals surface area contributed by atoms with Gasteiger partial charge in [-0.05, 0) is 19.3 Å². The second-order valence-electron chi connectivity index (χ2n) is 2.20. The largest absolute Gasteiger partial charge is 0.453 e. The normalized spacial score (nSPS) is 9.27. The van der Waals surface area contributed by atoms with Crippen LogP contribution >= 0.6 is 0 Å². The fourth-order valence-electron chi connectivity index (χ4n) is 0.676. The van der Waals surface area contributed by atoms with E-state index in [0.29, 0.717) is 6.54 Å². The van der Waals surface area contributed by atoms with Gasteiger partial charge in [0.05, 0.1) is 7.11 Å². The third kappa shape index (κ3) is 7.12. The summed E-state index contributed by atoms with van der Waals surface area (Å²) in [5.74, 6) is 0. The van der Waals surface area contributed by atoms with Gasteiger partial charge in [0.2, 0.25) is 0 Å². The van der Waals surface area contributed by atoms with Crippen molar-refractivity contribution in [2.75, 3.05) is 20.3 Å². The van der Waals surface area contributed by atoms with Crippen molar-refractivity contribution in [2.24, 2.45) is 0 Å². The predicted octanol–water partition coefficient (Wildman–Crippen LogP) is 0.505. The van der Waals surface area contributed by atoms with Crippen LogP contribution in [0.1, 0.15) is 19.3 Å². The first-order valence-corrected chi connectivity index (χ1v) is 3.74. The first-order valence-electron chi connectivity index (χ1n) is 3.74. The van der Waals surface area contributed by atoms with Crippen molar-refractivity contribution in [3.63, 3.8) is 0 Å². The van der Waals surface area contributed by atoms with Gasteiger partial charge < -0.3 is 15.2 Å². The Labute approximate surface area is 66.5 Å². The lowest BCUT2D eigenvalue weighted by Crippen LogP contribution is -2.23. The number of aliphatic hydroxyl groups excluding tert-OH is 1. The molecule has 2 N–H and O–H groups in total. The van der Waals surface area contributed by atoms with Gasteiger partial charge in [-0.25, -0.2) is 4.79 Å². The molecule has 0 bridgehead atoms. The zero-order valence-electron chi connectivity index (χ0n) is 6.80. The zero-order chi connectivity index (χ0) is 8.53. The van der Waals surface area contributed by atoms with Crippen LogP contribution in [0.5, 0.6) is 0 Å². The van der Waals surface area contributed by atoms with Gasteiger partial charge in [-0.3, -0.25) is 0 Å². The van der Waals surface area contributed by atoms with Crippen LogP contribution in [0.25, 0.3) is 0 Å². The van der Waals surface area contributed by atoms with Crippen LogP contribution in [0, 0.1) is 0 Å². The van der Waals surface area contributed by atoms with Gasteiger partial charge in [0.25, 0.3) is 0 Å². The fraction of sp³-hybridized carbons (Fsp3) is 0.857. The van der Waals surface area contributed by atoms with Gasteiger partial charge in [-0.2, -0.15) is 0 Å². The van der Waals surface area contributed by atoms with Gasteiger partial charge in [0, 0.05) is 13.2 Å². The molecule has 0 aliphatic rings. The summed E-state index contributed by atoms with van der Waals surface area (Å²) in [6.07, 6.45) is 2.22. The first-order chi connectivity index (χ1) is 5.31. The van der Waals surface area contributed by atoms with Crippen LogP contribution in [0.2, 0.25) is 0 Å². The fourth-order valence-corrected chi connectivity index (χ4v) is 0.676. The summed E-state index contributed by atoms with van der Waals surface area (Å²) in [5.41, 5.74) is 0. The van der Waals surface area contributed by atoms with Crippen molar-refractivity contribution in [1.82, 2.24) is 5.32 Å². The number of unbranched alkanes of at least 4 members (excludes halogenated alkanes) is 2. The highest BCUT2D eigenvalue weighted by atomic mass is 16.5. The number of carbonyl (C=O) groups is 1. The molecular formula is C7H15NO3. The van der Waals surface area contributed by atoms with E-state index in [2.05, 4.69) is 10.1 Å². The van der Waals surface area contributed by atoms with Crippen LogP contribution in [0.4, 0.5) is 4.79 Å². The molecule has 4 nitrogen and oxygen atoms in total. The van der Waals surface area contributed by atoms with E-state index in [1.807, 2.05) is 0 Å². The Morgan fingerprint density at radius 2 is 2.18 bits per heavy atom. The smallest absolute Gasteiger partial charge is 0.406 e. The molecule has 0 radical (unpaired) electrons. The van der Waals surface area contributed by atoms with Crippen LogP contribution in [0.3, 0.4) is 0 Å². The van der Waals surface area contributed by atoms with Gasteiger partial charge in [-0.1, -0.05) is 0 Å². The minimum Gasteiger partial charge on any atom is -0.453 e. The van der Waals surface area contributed by atoms with E-state index in [-0.39, 0.29) is 6.61 Å². The maximum absolute atomic E-state index is 10.5. The molecule has 4 heteroatoms. The average molecular weight is 161 g/mol. The molecule has 0 aromatic rings. The summed E-state index contributed by atoms with van der Waals surface area (Å²) < 4.78 is 4.36. The maximum atomic E-state index is 10.5. The van der Waals surface area contributed by atoms with Crippen LogP contribution in [0.15, 0.2) is 0 Å². The minimum absolute atomic E-state index is 0.220. The summed E-state index contributed by atoms with van der Waals surface area (Å²) in [4.78, 5) is 10.5. The molecule has 66 valence electrons. The number of carbonyl (C=O) groups excluding carboxylic acids is 1. The summed E-state index contributed by atoms with van der Waals surface area (Å²) >= 11 is 0. The molecule has 0 aliphatic carbocycles. The monoisotopic (exact) mass is 161 g/mol. The second kappa shape index (κ2) is 7.34. The van der Waals surface area contributed by atoms with Gasteiger partial charge in [0.15, 0.2) is 0 Å². The Hall–Kier alpha value is -0.770. The Morgan fingerprint density at radius 3 is 2.73 bits per heavy atom. The van der Waals surface area contributed by atoms with Crippen molar-refractivity contribution >= 4 is 6.09 Å². The number of methoxy groups -OCH3 is 1. The van der Waals surface area contributed by atoms with Crippen molar-refractivity contribution in [3.8, 4) is 0 Å². The number of hydrogen-bond donors (Lipinski definition) is 2. The van der Waals surface area contributed by atoms with E-state index in [0.717, 1.165) is 19.3 Å². The molecule has 0 rings (SSSR count). The standard InChI is InChI=1S/C7H15NO3/c1-11-7(10)8-5-3-2-4-6-9/h9H,2-6H2,1H3,(H,8,10). The number of amides is 1. The molecule has 0 unspecified atom stereocenters. The summed E-state index contributed by atoms with van der Waals surface area (Å²) in [6.45, 7) is 0.838. The lowest BCUT2D eigenvalue weighted by molar-refractivity contribution is 0.171. The third-order valence-corrected chi connectivity index (χ3v) is 1.29. The molecule has 11 heavy (non-hydrogen) atoms. The Balaban J connectivity index is 2.95. The lowest BCUT2D eigenvalue weighted by Gasteiger charge is -2.01. The number of hydrogen-bond acceptors (Lipinski definition) is 3. The van der Waals surface area contributed by atoms with Crippen LogP contribution in [-0.2, 0) is 4.74 Å². The second-order valence-corrected chi connectivity index (χ2v) is 2.20. The van der Waals surface area contributed by atoms with E-state index >= 15 is 0 Å². The van der Waals surface area contributed by atoms with Crippen LogP contribution < -0.4 is 5.32 Å². The zero-order valence-corrected chi connectivity index (χ0v) is 6.80. The summed E-state index contributed by atoms with van der Waals surface area (Å²) in [7, 11) is 1.34. The van der Waals surface area contributed by atoms with E-state index in [1.165, 1.54) is 7.11 Å². The van der Waals surface area contributed by atoms with Crippen molar-refractivity contribution in [1.29, 1.82) is 0 Å². The average Bonchev–Trinajstić information content (AvgIpc) is 2.04. The molecular weight excluding hydrogens is 146 g/mol. The van der Waals surface area contributed by atoms with Gasteiger partial charge in [-0.15, -0.1) is 0 Å². The van der Waals surface area contributed by atoms with E-state index < -0.39 is 6.09 Å². The van der Waals surface area contributed by atoms with E-state index in [4.69, 9.17) is 5.11 Å². The van der Waals surface area contributed by atoms with E-state index in [1.54, 1.807) is 0 Å². The maximum Gasteiger partial charge on any atom is 0.406 e. The minimum atomic E-state index is -0.394. The Kier molecular flexibility index (Phi) is 6.82. The topological polar surface area (TPSA) is 58.6 Å². The third-order valence-electron chi connectivity index (χ3n) is 1.29. The van der Waals surface area contributed by atoms with Crippen molar-refractivity contribution in [2.45, 2.75) is 19.3 Å². The molecule has 0 aromatic carbocycles. The molecule has 0 fully saturated rings. The highest BCUT2D eigenvalue weighted by molar-refractivity contribution is 5.66. The summed E-state index contributed by atoms with van der Waals surface area (Å²) in [6, 6.07) is 0. The molecule has 0 saturated heterocycles. The van der Waals surface area contributed by atoms with Crippen LogP contribution in [-0.4, -0.2) is 31.5 Å². The highest BCUT2D eigenvalue weighted by Crippen LogP contribution is 1.91. The molecule has 0 atom stereocenters. The Bertz CT molecular complexity index is 106. The lowest BCUT2D eigenvalue weighted by atomic mass is 10.2. The van der Waals surface area contributed by atoms with E-state index in [9.17, 15) is 4.79 Å². The molecule has 0 saturated carbocycles. The Morgan fingerprint density at radius 1 is 1.45 bits per heavy atom. The molecule has 0 aliphatic heterocycles. The predicted molar refractivity (Wildman–Crippen MR) is 41.3 cm³/mol. The van der Waals surface area contributed by atoms with Gasteiger partial charge >= 0.3 is 6.09 Å². The van der Waals surface area contributed by atoms with Crippen molar-refractivity contribution in [3.05, 3.63) is 0 Å². The molecule has 1 amide bonds. The number of nitrogens with one attached hydrogen (secondary N) is 1.